The molecule has 4 rings (SSSR count). The highest BCUT2D eigenvalue weighted by Crippen LogP contribution is 2.28. The molecule has 0 aliphatic heterocycles. The molecule has 0 spiro atoms. The highest BCUT2D eigenvalue weighted by atomic mass is 16.1. The second-order valence-electron chi connectivity index (χ2n) is 8.66. The van der Waals surface area contributed by atoms with Crippen LogP contribution in [0.2, 0.25) is 0 Å². The molecular formula is C27H31N5O. The van der Waals surface area contributed by atoms with E-state index in [1.807, 2.05) is 26.0 Å². The van der Waals surface area contributed by atoms with E-state index in [9.17, 15) is 4.79 Å². The molecule has 2 aromatic heterocycles. The van der Waals surface area contributed by atoms with Crippen molar-refractivity contribution in [2.45, 2.75) is 33.7 Å². The molecule has 1 N–H and O–H groups in total. The molecule has 0 saturated carbocycles. The van der Waals surface area contributed by atoms with Crippen LogP contribution in [-0.4, -0.2) is 45.5 Å². The van der Waals surface area contributed by atoms with Gasteiger partial charge in [0.05, 0.1) is 17.0 Å². The van der Waals surface area contributed by atoms with Crippen molar-refractivity contribution in [2.24, 2.45) is 0 Å². The molecule has 1 amide bonds. The van der Waals surface area contributed by atoms with Crippen LogP contribution in [0, 0.1) is 20.8 Å². The summed E-state index contributed by atoms with van der Waals surface area (Å²) in [6.07, 6.45) is 2.55. The third-order valence-electron chi connectivity index (χ3n) is 5.91. The number of fused-ring (bicyclic) bond motifs is 1. The molecule has 0 radical (unpaired) electrons. The molecule has 0 aliphatic rings. The number of hydrogen-bond acceptors (Lipinski definition) is 4. The van der Waals surface area contributed by atoms with Crippen LogP contribution in [-0.2, 0) is 6.54 Å². The summed E-state index contributed by atoms with van der Waals surface area (Å²) in [5.74, 6) is -0.113. The van der Waals surface area contributed by atoms with E-state index in [0.29, 0.717) is 12.1 Å². The Hall–Kier alpha value is -3.51. The number of carbonyl (C=O) groups is 1. The quantitative estimate of drug-likeness (QED) is 0.407. The maximum atomic E-state index is 12.8. The average molecular weight is 442 g/mol. The van der Waals surface area contributed by atoms with Crippen molar-refractivity contribution in [2.75, 3.05) is 20.1 Å². The Labute approximate surface area is 195 Å². The Balaban J connectivity index is 1.41. The van der Waals surface area contributed by atoms with Gasteiger partial charge in [-0.05, 0) is 51.9 Å². The van der Waals surface area contributed by atoms with Crippen molar-refractivity contribution in [3.8, 4) is 11.1 Å². The molecule has 0 aliphatic carbocycles. The zero-order valence-electron chi connectivity index (χ0n) is 19.8. The van der Waals surface area contributed by atoms with E-state index < -0.39 is 0 Å². The van der Waals surface area contributed by atoms with Gasteiger partial charge in [0.25, 0.3) is 5.91 Å². The molecule has 33 heavy (non-hydrogen) atoms. The number of benzene rings is 2. The lowest BCUT2D eigenvalue weighted by atomic mass is 10.0. The molecule has 0 saturated heterocycles. The Kier molecular flexibility index (Phi) is 6.84. The minimum absolute atomic E-state index is 0.113. The SMILES string of the molecule is Cc1cccc(-c2c(C)nn3c(C)c(C(=O)NCCCN(C)Cc4ccccc4)cnc23)c1. The van der Waals surface area contributed by atoms with Gasteiger partial charge < -0.3 is 10.2 Å². The number of carbonyl (C=O) groups excluding carboxylic acids is 1. The average Bonchev–Trinajstić information content (AvgIpc) is 3.14. The Morgan fingerprint density at radius 2 is 1.85 bits per heavy atom. The lowest BCUT2D eigenvalue weighted by molar-refractivity contribution is 0.0950. The highest BCUT2D eigenvalue weighted by Gasteiger charge is 2.18. The molecule has 6 heteroatoms. The molecule has 0 unspecified atom stereocenters. The van der Waals surface area contributed by atoms with Crippen molar-refractivity contribution < 1.29 is 4.79 Å². The summed E-state index contributed by atoms with van der Waals surface area (Å²) < 4.78 is 1.79. The summed E-state index contributed by atoms with van der Waals surface area (Å²) in [4.78, 5) is 19.7. The largest absolute Gasteiger partial charge is 0.352 e. The van der Waals surface area contributed by atoms with Crippen LogP contribution in [0.4, 0.5) is 0 Å². The second-order valence-corrected chi connectivity index (χ2v) is 8.66. The van der Waals surface area contributed by atoms with E-state index in [4.69, 9.17) is 0 Å². The van der Waals surface area contributed by atoms with Gasteiger partial charge in [0.15, 0.2) is 5.65 Å². The number of amides is 1. The number of nitrogens with one attached hydrogen (secondary N) is 1. The zero-order chi connectivity index (χ0) is 23.4. The normalized spacial score (nSPS) is 11.3. The minimum atomic E-state index is -0.113. The Morgan fingerprint density at radius 1 is 1.06 bits per heavy atom. The summed E-state index contributed by atoms with van der Waals surface area (Å²) in [5.41, 5.74) is 7.59. The summed E-state index contributed by atoms with van der Waals surface area (Å²) in [6.45, 7) is 8.40. The summed E-state index contributed by atoms with van der Waals surface area (Å²) in [7, 11) is 2.10. The molecule has 2 aromatic carbocycles. The minimum Gasteiger partial charge on any atom is -0.352 e. The van der Waals surface area contributed by atoms with Crippen LogP contribution >= 0.6 is 0 Å². The number of hydrogen-bond donors (Lipinski definition) is 1. The fraction of sp³-hybridized carbons (Fsp3) is 0.296. The van der Waals surface area contributed by atoms with Crippen molar-refractivity contribution in [3.63, 3.8) is 0 Å². The Bertz CT molecular complexity index is 1260. The van der Waals surface area contributed by atoms with E-state index in [2.05, 4.69) is 76.7 Å². The molecular weight excluding hydrogens is 410 g/mol. The van der Waals surface area contributed by atoms with Crippen molar-refractivity contribution >= 4 is 11.6 Å². The lowest BCUT2D eigenvalue weighted by Gasteiger charge is -2.17. The lowest BCUT2D eigenvalue weighted by Crippen LogP contribution is -2.29. The second kappa shape index (κ2) is 9.96. The van der Waals surface area contributed by atoms with Gasteiger partial charge in [-0.1, -0.05) is 60.2 Å². The first kappa shape index (κ1) is 22.7. The maximum absolute atomic E-state index is 12.8. The Morgan fingerprint density at radius 3 is 2.61 bits per heavy atom. The van der Waals surface area contributed by atoms with Crippen LogP contribution in [0.3, 0.4) is 0 Å². The van der Waals surface area contributed by atoms with Gasteiger partial charge in [-0.25, -0.2) is 9.50 Å². The van der Waals surface area contributed by atoms with Crippen LogP contribution in [0.5, 0.6) is 0 Å². The summed E-state index contributed by atoms with van der Waals surface area (Å²) in [5, 5.41) is 7.73. The molecule has 0 bridgehead atoms. The predicted octanol–water partition coefficient (Wildman–Crippen LogP) is 4.57. The van der Waals surface area contributed by atoms with Gasteiger partial charge in [0, 0.05) is 24.8 Å². The molecule has 2 heterocycles. The van der Waals surface area contributed by atoms with Gasteiger partial charge in [0.2, 0.25) is 0 Å². The molecule has 6 nitrogen and oxygen atoms in total. The number of aromatic nitrogens is 3. The van der Waals surface area contributed by atoms with Gasteiger partial charge >= 0.3 is 0 Å². The van der Waals surface area contributed by atoms with E-state index in [1.165, 1.54) is 11.1 Å². The number of nitrogens with zero attached hydrogens (tertiary/aromatic N) is 4. The van der Waals surface area contributed by atoms with Crippen LogP contribution in [0.15, 0.2) is 60.8 Å². The fourth-order valence-electron chi connectivity index (χ4n) is 4.18. The topological polar surface area (TPSA) is 62.5 Å². The summed E-state index contributed by atoms with van der Waals surface area (Å²) >= 11 is 0. The van der Waals surface area contributed by atoms with Gasteiger partial charge in [-0.15, -0.1) is 0 Å². The smallest absolute Gasteiger partial charge is 0.254 e. The van der Waals surface area contributed by atoms with E-state index in [1.54, 1.807) is 10.7 Å². The van der Waals surface area contributed by atoms with Crippen molar-refractivity contribution in [1.29, 1.82) is 0 Å². The summed E-state index contributed by atoms with van der Waals surface area (Å²) in [6, 6.07) is 18.7. The van der Waals surface area contributed by atoms with E-state index in [0.717, 1.165) is 47.7 Å². The fourth-order valence-corrected chi connectivity index (χ4v) is 4.18. The standard InChI is InChI=1S/C27H31N5O/c1-19-10-8-13-23(16-19)25-20(2)30-32-21(3)24(17-29-26(25)32)27(33)28-14-9-15-31(4)18-22-11-6-5-7-12-22/h5-8,10-13,16-17H,9,14-15,18H2,1-4H3,(H,28,33). The first-order valence-electron chi connectivity index (χ1n) is 11.4. The van der Waals surface area contributed by atoms with Crippen LogP contribution in [0.25, 0.3) is 16.8 Å². The van der Waals surface area contributed by atoms with Crippen molar-refractivity contribution in [3.05, 3.63) is 88.9 Å². The molecule has 0 atom stereocenters. The first-order valence-corrected chi connectivity index (χ1v) is 11.4. The maximum Gasteiger partial charge on any atom is 0.254 e. The first-order chi connectivity index (χ1) is 15.9. The molecule has 4 aromatic rings. The van der Waals surface area contributed by atoms with E-state index >= 15 is 0 Å². The third kappa shape index (κ3) is 5.12. The highest BCUT2D eigenvalue weighted by molar-refractivity contribution is 5.95. The van der Waals surface area contributed by atoms with Crippen molar-refractivity contribution in [1.82, 2.24) is 24.8 Å². The monoisotopic (exact) mass is 441 g/mol. The number of rotatable bonds is 8. The molecule has 0 fully saturated rings. The molecule has 170 valence electrons. The van der Waals surface area contributed by atoms with E-state index in [-0.39, 0.29) is 5.91 Å². The van der Waals surface area contributed by atoms with Gasteiger partial charge in [0.1, 0.15) is 0 Å². The van der Waals surface area contributed by atoms with Gasteiger partial charge in [-0.2, -0.15) is 5.10 Å². The van der Waals surface area contributed by atoms with Crippen LogP contribution in [0.1, 0.15) is 39.3 Å². The number of aryl methyl sites for hydroxylation is 3. The van der Waals surface area contributed by atoms with Gasteiger partial charge in [-0.3, -0.25) is 4.79 Å². The predicted molar refractivity (Wildman–Crippen MR) is 132 cm³/mol. The van der Waals surface area contributed by atoms with Crippen LogP contribution < -0.4 is 5.32 Å². The zero-order valence-corrected chi connectivity index (χ0v) is 19.8. The third-order valence-corrected chi connectivity index (χ3v) is 5.91.